The average Bonchev–Trinajstić information content (AvgIpc) is 3.06. The molecule has 1 saturated heterocycles. The molecular weight excluding hydrogens is 276 g/mol. The van der Waals surface area contributed by atoms with Crippen LogP contribution in [0, 0.1) is 11.6 Å². The van der Waals surface area contributed by atoms with Gasteiger partial charge in [0.2, 0.25) is 5.89 Å². The maximum atomic E-state index is 13.2. The van der Waals surface area contributed by atoms with Gasteiger partial charge in [0.15, 0.2) is 5.82 Å². The molecule has 1 fully saturated rings. The van der Waals surface area contributed by atoms with Crippen molar-refractivity contribution < 1.29 is 13.3 Å². The normalized spacial score (nSPS) is 21.9. The molecule has 0 bridgehead atoms. The van der Waals surface area contributed by atoms with E-state index in [9.17, 15) is 8.78 Å². The van der Waals surface area contributed by atoms with E-state index in [0.29, 0.717) is 17.3 Å². The van der Waals surface area contributed by atoms with Crippen molar-refractivity contribution in [2.45, 2.75) is 38.1 Å². The van der Waals surface area contributed by atoms with Crippen LogP contribution in [0.4, 0.5) is 8.78 Å². The lowest BCUT2D eigenvalue weighted by Crippen LogP contribution is -2.36. The fraction of sp³-hybridized carbons (Fsp3) is 0.467. The van der Waals surface area contributed by atoms with Gasteiger partial charge >= 0.3 is 0 Å². The minimum Gasteiger partial charge on any atom is -0.337 e. The van der Waals surface area contributed by atoms with E-state index in [1.54, 1.807) is 0 Å². The van der Waals surface area contributed by atoms with E-state index in [-0.39, 0.29) is 12.0 Å². The van der Waals surface area contributed by atoms with Crippen LogP contribution in [0.15, 0.2) is 22.7 Å². The first-order valence-electron chi connectivity index (χ1n) is 7.14. The van der Waals surface area contributed by atoms with Crippen molar-refractivity contribution in [2.75, 3.05) is 6.54 Å². The zero-order valence-electron chi connectivity index (χ0n) is 11.8. The summed E-state index contributed by atoms with van der Waals surface area (Å²) in [5, 5.41) is 7.35. The van der Waals surface area contributed by atoms with E-state index in [0.717, 1.165) is 31.9 Å². The Bertz CT molecular complexity index is 615. The Morgan fingerprint density at radius 1 is 1.29 bits per heavy atom. The topological polar surface area (TPSA) is 51.0 Å². The molecule has 2 heterocycles. The first-order chi connectivity index (χ1) is 10.1. The average molecular weight is 293 g/mol. The van der Waals surface area contributed by atoms with Crippen LogP contribution in [0.25, 0.3) is 0 Å². The Morgan fingerprint density at radius 3 is 2.67 bits per heavy atom. The standard InChI is InChI=1S/C15H17F2N3O/c1-2-15(4-3-5-18-15)14-19-13(20-21-14)8-10-6-11(16)9-12(17)7-10/h6-7,9,18H,2-5,8H2,1H3. The number of aromatic nitrogens is 2. The van der Waals surface area contributed by atoms with Crippen LogP contribution in [-0.2, 0) is 12.0 Å². The smallest absolute Gasteiger partial charge is 0.246 e. The molecule has 4 nitrogen and oxygen atoms in total. The van der Waals surface area contributed by atoms with Crippen molar-refractivity contribution >= 4 is 0 Å². The molecule has 2 aromatic rings. The van der Waals surface area contributed by atoms with E-state index in [2.05, 4.69) is 22.4 Å². The van der Waals surface area contributed by atoms with Crippen molar-refractivity contribution in [3.05, 3.63) is 47.1 Å². The first kappa shape index (κ1) is 14.1. The number of nitrogens with one attached hydrogen (secondary N) is 1. The molecule has 1 aliphatic heterocycles. The van der Waals surface area contributed by atoms with Crippen LogP contribution in [0.1, 0.15) is 43.5 Å². The van der Waals surface area contributed by atoms with E-state index in [4.69, 9.17) is 4.52 Å². The fourth-order valence-electron chi connectivity index (χ4n) is 2.86. The molecule has 1 aromatic carbocycles. The Hall–Kier alpha value is -1.82. The van der Waals surface area contributed by atoms with Gasteiger partial charge in [-0.15, -0.1) is 0 Å². The summed E-state index contributed by atoms with van der Waals surface area (Å²) in [6.07, 6.45) is 3.14. The van der Waals surface area contributed by atoms with Crippen LogP contribution < -0.4 is 5.32 Å². The minimum atomic E-state index is -0.601. The van der Waals surface area contributed by atoms with Crippen molar-refractivity contribution in [1.29, 1.82) is 0 Å². The summed E-state index contributed by atoms with van der Waals surface area (Å²) in [6.45, 7) is 3.00. The third-order valence-corrected chi connectivity index (χ3v) is 4.01. The highest BCUT2D eigenvalue weighted by Gasteiger charge is 2.38. The van der Waals surface area contributed by atoms with Gasteiger partial charge in [-0.05, 0) is 43.5 Å². The zero-order chi connectivity index (χ0) is 14.9. The van der Waals surface area contributed by atoms with Gasteiger partial charge < -0.3 is 9.84 Å². The number of nitrogens with zero attached hydrogens (tertiary/aromatic N) is 2. The van der Waals surface area contributed by atoms with Crippen LogP contribution in [0.2, 0.25) is 0 Å². The second kappa shape index (κ2) is 5.52. The van der Waals surface area contributed by atoms with Crippen molar-refractivity contribution in [2.24, 2.45) is 0 Å². The largest absolute Gasteiger partial charge is 0.337 e. The lowest BCUT2D eigenvalue weighted by molar-refractivity contribution is 0.249. The van der Waals surface area contributed by atoms with Crippen LogP contribution in [-0.4, -0.2) is 16.7 Å². The minimum absolute atomic E-state index is 0.248. The molecule has 0 saturated carbocycles. The Kier molecular flexibility index (Phi) is 3.71. The Balaban J connectivity index is 1.82. The van der Waals surface area contributed by atoms with Crippen LogP contribution >= 0.6 is 0 Å². The second-order valence-electron chi connectivity index (χ2n) is 5.44. The third kappa shape index (κ3) is 2.81. The Morgan fingerprint density at radius 2 is 2.05 bits per heavy atom. The highest BCUT2D eigenvalue weighted by atomic mass is 19.1. The van der Waals surface area contributed by atoms with Gasteiger partial charge in [-0.25, -0.2) is 8.78 Å². The number of rotatable bonds is 4. The van der Waals surface area contributed by atoms with Gasteiger partial charge in [-0.1, -0.05) is 12.1 Å². The summed E-state index contributed by atoms with van der Waals surface area (Å²) in [4.78, 5) is 4.40. The van der Waals surface area contributed by atoms with E-state index in [1.807, 2.05) is 0 Å². The summed E-state index contributed by atoms with van der Waals surface area (Å²) in [6, 6.07) is 3.41. The number of halogens is 2. The number of hydrogen-bond acceptors (Lipinski definition) is 4. The third-order valence-electron chi connectivity index (χ3n) is 4.01. The number of hydrogen-bond donors (Lipinski definition) is 1. The van der Waals surface area contributed by atoms with E-state index in [1.165, 1.54) is 12.1 Å². The van der Waals surface area contributed by atoms with Gasteiger partial charge in [0, 0.05) is 12.5 Å². The second-order valence-corrected chi connectivity index (χ2v) is 5.44. The molecule has 21 heavy (non-hydrogen) atoms. The summed E-state index contributed by atoms with van der Waals surface area (Å²) in [7, 11) is 0. The first-order valence-corrected chi connectivity index (χ1v) is 7.14. The van der Waals surface area contributed by atoms with Crippen LogP contribution in [0.5, 0.6) is 0 Å². The van der Waals surface area contributed by atoms with Gasteiger partial charge in [0.1, 0.15) is 11.6 Å². The maximum Gasteiger partial charge on any atom is 0.246 e. The summed E-state index contributed by atoms with van der Waals surface area (Å²) in [5.41, 5.74) is 0.239. The van der Waals surface area contributed by atoms with Gasteiger partial charge in [-0.3, -0.25) is 0 Å². The molecule has 3 rings (SSSR count). The van der Waals surface area contributed by atoms with Gasteiger partial charge in [-0.2, -0.15) is 4.98 Å². The van der Waals surface area contributed by atoms with Gasteiger partial charge in [0.05, 0.1) is 5.54 Å². The lowest BCUT2D eigenvalue weighted by Gasteiger charge is -2.22. The molecule has 0 aliphatic carbocycles. The highest BCUT2D eigenvalue weighted by Crippen LogP contribution is 2.32. The number of benzene rings is 1. The molecule has 1 N–H and O–H groups in total. The van der Waals surface area contributed by atoms with Gasteiger partial charge in [0.25, 0.3) is 0 Å². The predicted molar refractivity (Wildman–Crippen MR) is 72.7 cm³/mol. The van der Waals surface area contributed by atoms with Crippen molar-refractivity contribution in [3.8, 4) is 0 Å². The summed E-state index contributed by atoms with van der Waals surface area (Å²) >= 11 is 0. The molecule has 112 valence electrons. The Labute approximate surface area is 121 Å². The monoisotopic (exact) mass is 293 g/mol. The SMILES string of the molecule is CCC1(c2nc(Cc3cc(F)cc(F)c3)no2)CCCN1. The van der Waals surface area contributed by atoms with Crippen LogP contribution in [0.3, 0.4) is 0 Å². The molecule has 0 spiro atoms. The van der Waals surface area contributed by atoms with Crippen molar-refractivity contribution in [3.63, 3.8) is 0 Å². The van der Waals surface area contributed by atoms with Crippen molar-refractivity contribution in [1.82, 2.24) is 15.5 Å². The molecule has 1 atom stereocenters. The van der Waals surface area contributed by atoms with E-state index < -0.39 is 11.6 Å². The lowest BCUT2D eigenvalue weighted by atomic mass is 9.94. The highest BCUT2D eigenvalue weighted by molar-refractivity contribution is 5.21. The summed E-state index contributed by atoms with van der Waals surface area (Å²) in [5.74, 6) is -0.196. The zero-order valence-corrected chi connectivity index (χ0v) is 11.8. The molecule has 1 aromatic heterocycles. The molecular formula is C15H17F2N3O. The molecule has 1 aliphatic rings. The predicted octanol–water partition coefficient (Wildman–Crippen LogP) is 2.93. The molecule has 0 radical (unpaired) electrons. The molecule has 0 amide bonds. The molecule has 6 heteroatoms. The summed E-state index contributed by atoms with van der Waals surface area (Å²) < 4.78 is 31.7. The molecule has 1 unspecified atom stereocenters. The quantitative estimate of drug-likeness (QED) is 0.941. The van der Waals surface area contributed by atoms with E-state index >= 15 is 0 Å². The maximum absolute atomic E-state index is 13.2. The fourth-order valence-corrected chi connectivity index (χ4v) is 2.86.